The van der Waals surface area contributed by atoms with Crippen LogP contribution in [0.2, 0.25) is 0 Å². The van der Waals surface area contributed by atoms with Gasteiger partial charge in [-0.1, -0.05) is 12.1 Å². The van der Waals surface area contributed by atoms with E-state index in [4.69, 9.17) is 5.11 Å². The largest absolute Gasteiger partial charge is 0.416 e. The number of carbonyl (C=O) groups excluding carboxylic acids is 1. The number of rotatable bonds is 4. The van der Waals surface area contributed by atoms with E-state index in [0.717, 1.165) is 24.3 Å². The zero-order chi connectivity index (χ0) is 13.9. The Bertz CT molecular complexity index is 413. The maximum absolute atomic E-state index is 12.3. The summed E-state index contributed by atoms with van der Waals surface area (Å²) in [5.41, 5.74) is -0.946. The van der Waals surface area contributed by atoms with E-state index in [0.29, 0.717) is 0 Å². The summed E-state index contributed by atoms with van der Waals surface area (Å²) in [7, 11) is 0. The summed E-state index contributed by atoms with van der Waals surface area (Å²) in [6.45, 7) is -0.959. The molecule has 0 spiro atoms. The van der Waals surface area contributed by atoms with Gasteiger partial charge in [0.15, 0.2) is 5.78 Å². The van der Waals surface area contributed by atoms with Gasteiger partial charge in [0, 0.05) is 0 Å². The Morgan fingerprint density at radius 2 is 1.67 bits per heavy atom. The van der Waals surface area contributed by atoms with Crippen LogP contribution in [0.4, 0.5) is 13.2 Å². The van der Waals surface area contributed by atoms with Gasteiger partial charge in [0.25, 0.3) is 0 Å². The first-order valence-corrected chi connectivity index (χ1v) is 4.94. The highest BCUT2D eigenvalue weighted by Crippen LogP contribution is 2.30. The Labute approximate surface area is 100 Å². The monoisotopic (exact) mass is 264 g/mol. The van der Waals surface area contributed by atoms with E-state index in [9.17, 15) is 28.2 Å². The molecule has 0 saturated carbocycles. The molecule has 0 heterocycles. The summed E-state index contributed by atoms with van der Waals surface area (Å²) in [6, 6.07) is 3.38. The fourth-order valence-electron chi connectivity index (χ4n) is 1.32. The van der Waals surface area contributed by atoms with E-state index in [1.54, 1.807) is 0 Å². The van der Waals surface area contributed by atoms with Crippen molar-refractivity contribution in [1.29, 1.82) is 0 Å². The van der Waals surface area contributed by atoms with Gasteiger partial charge in [-0.05, 0) is 17.7 Å². The Morgan fingerprint density at radius 1 is 1.17 bits per heavy atom. The van der Waals surface area contributed by atoms with Crippen molar-refractivity contribution in [2.45, 2.75) is 18.4 Å². The number of benzene rings is 1. The first-order chi connectivity index (χ1) is 8.27. The van der Waals surface area contributed by atoms with Crippen LogP contribution in [0.3, 0.4) is 0 Å². The molecule has 2 atom stereocenters. The van der Waals surface area contributed by atoms with Crippen LogP contribution in [-0.4, -0.2) is 33.8 Å². The first-order valence-electron chi connectivity index (χ1n) is 4.94. The highest BCUT2D eigenvalue weighted by Gasteiger charge is 2.31. The van der Waals surface area contributed by atoms with Crippen LogP contribution in [0.5, 0.6) is 0 Å². The lowest BCUT2D eigenvalue weighted by atomic mass is 10.0. The van der Waals surface area contributed by atoms with Crippen molar-refractivity contribution >= 4 is 5.78 Å². The normalized spacial score (nSPS) is 15.2. The predicted octanol–water partition coefficient (Wildman–Crippen LogP) is 0.661. The third-order valence-electron chi connectivity index (χ3n) is 2.36. The molecule has 0 unspecified atom stereocenters. The van der Waals surface area contributed by atoms with Crippen LogP contribution < -0.4 is 0 Å². The molecule has 0 amide bonds. The number of hydrogen-bond donors (Lipinski definition) is 3. The summed E-state index contributed by atoms with van der Waals surface area (Å²) in [5.74, 6) is -1.01. The highest BCUT2D eigenvalue weighted by atomic mass is 19.4. The Morgan fingerprint density at radius 3 is 2.06 bits per heavy atom. The van der Waals surface area contributed by atoms with Gasteiger partial charge in [-0.2, -0.15) is 13.2 Å². The number of carbonyl (C=O) groups is 1. The van der Waals surface area contributed by atoms with Gasteiger partial charge in [0.1, 0.15) is 18.8 Å². The molecule has 100 valence electrons. The first kappa shape index (κ1) is 14.6. The molecule has 0 aromatic heterocycles. The van der Waals surface area contributed by atoms with Crippen molar-refractivity contribution < 1.29 is 33.3 Å². The molecule has 0 aliphatic rings. The smallest absolute Gasteiger partial charge is 0.388 e. The van der Waals surface area contributed by atoms with Crippen molar-refractivity contribution in [3.63, 3.8) is 0 Å². The molecule has 0 radical (unpaired) electrons. The number of alkyl halides is 3. The number of hydrogen-bond acceptors (Lipinski definition) is 4. The third-order valence-corrected chi connectivity index (χ3v) is 2.36. The summed E-state index contributed by atoms with van der Waals surface area (Å²) < 4.78 is 36.8. The van der Waals surface area contributed by atoms with Crippen LogP contribution in [0.15, 0.2) is 24.3 Å². The van der Waals surface area contributed by atoms with E-state index < -0.39 is 36.3 Å². The van der Waals surface area contributed by atoms with Crippen LogP contribution in [0.25, 0.3) is 0 Å². The maximum atomic E-state index is 12.3. The minimum atomic E-state index is -4.50. The van der Waals surface area contributed by atoms with E-state index in [2.05, 4.69) is 0 Å². The lowest BCUT2D eigenvalue weighted by molar-refractivity contribution is -0.138. The van der Waals surface area contributed by atoms with Crippen molar-refractivity contribution in [2.24, 2.45) is 0 Å². The molecule has 7 heteroatoms. The molecule has 4 nitrogen and oxygen atoms in total. The van der Waals surface area contributed by atoms with E-state index in [1.807, 2.05) is 0 Å². The molecule has 0 aliphatic carbocycles. The average Bonchev–Trinajstić information content (AvgIpc) is 2.35. The number of ketones is 1. The van der Waals surface area contributed by atoms with Crippen molar-refractivity contribution in [2.75, 3.05) is 6.61 Å². The Balaban J connectivity index is 2.89. The predicted molar refractivity (Wildman–Crippen MR) is 54.5 cm³/mol. The quantitative estimate of drug-likeness (QED) is 0.746. The summed E-state index contributed by atoms with van der Waals surface area (Å²) >= 11 is 0. The zero-order valence-corrected chi connectivity index (χ0v) is 9.05. The molecule has 1 aromatic rings. The van der Waals surface area contributed by atoms with Crippen LogP contribution >= 0.6 is 0 Å². The second-order valence-electron chi connectivity index (χ2n) is 3.63. The molecule has 0 fully saturated rings. The van der Waals surface area contributed by atoms with Gasteiger partial charge in [0.2, 0.25) is 0 Å². The zero-order valence-electron chi connectivity index (χ0n) is 9.05. The Hall–Kier alpha value is -1.44. The van der Waals surface area contributed by atoms with Gasteiger partial charge in [-0.25, -0.2) is 0 Å². The van der Waals surface area contributed by atoms with Crippen LogP contribution in [0.1, 0.15) is 17.2 Å². The number of aliphatic hydroxyl groups excluding tert-OH is 3. The van der Waals surface area contributed by atoms with Gasteiger partial charge in [-0.3, -0.25) is 4.79 Å². The van der Waals surface area contributed by atoms with Crippen molar-refractivity contribution in [1.82, 2.24) is 0 Å². The van der Waals surface area contributed by atoms with Gasteiger partial charge < -0.3 is 15.3 Å². The maximum Gasteiger partial charge on any atom is 0.416 e. The SMILES string of the molecule is O=C(CO)[C@H](O)[C@@H](O)c1ccc(C(F)(F)F)cc1. The summed E-state index contributed by atoms with van der Waals surface area (Å²) in [6.07, 6.45) is -8.04. The second-order valence-corrected chi connectivity index (χ2v) is 3.63. The highest BCUT2D eigenvalue weighted by molar-refractivity contribution is 5.84. The fourth-order valence-corrected chi connectivity index (χ4v) is 1.32. The molecule has 1 aromatic carbocycles. The van der Waals surface area contributed by atoms with Crippen LogP contribution in [-0.2, 0) is 11.0 Å². The topological polar surface area (TPSA) is 77.8 Å². The summed E-state index contributed by atoms with van der Waals surface area (Å²) in [4.78, 5) is 10.9. The van der Waals surface area contributed by atoms with Gasteiger partial charge >= 0.3 is 6.18 Å². The van der Waals surface area contributed by atoms with Crippen molar-refractivity contribution in [3.05, 3.63) is 35.4 Å². The van der Waals surface area contributed by atoms with Crippen molar-refractivity contribution in [3.8, 4) is 0 Å². The fraction of sp³-hybridized carbons (Fsp3) is 0.364. The minimum absolute atomic E-state index is 0.0442. The lowest BCUT2D eigenvalue weighted by Gasteiger charge is -2.16. The molecular weight excluding hydrogens is 253 g/mol. The number of Topliss-reactive ketones (excluding diaryl/α,β-unsaturated/α-hetero) is 1. The number of halogens is 3. The van der Waals surface area contributed by atoms with Gasteiger partial charge in [-0.15, -0.1) is 0 Å². The molecule has 18 heavy (non-hydrogen) atoms. The van der Waals surface area contributed by atoms with E-state index in [1.165, 1.54) is 0 Å². The third kappa shape index (κ3) is 3.28. The molecule has 3 N–H and O–H groups in total. The molecular formula is C11H11F3O4. The number of aliphatic hydroxyl groups is 3. The molecule has 1 rings (SSSR count). The standard InChI is InChI=1S/C11H11F3O4/c12-11(13,14)7-3-1-6(2-4-7)9(17)10(18)8(16)5-15/h1-4,9-10,15,17-18H,5H2/t9-,10-/m0/s1. The summed E-state index contributed by atoms with van der Waals surface area (Å²) in [5, 5.41) is 27.3. The lowest BCUT2D eigenvalue weighted by Crippen LogP contribution is -2.30. The van der Waals surface area contributed by atoms with Crippen LogP contribution in [0, 0.1) is 0 Å². The Kier molecular flexibility index (Phi) is 4.44. The van der Waals surface area contributed by atoms with E-state index >= 15 is 0 Å². The second kappa shape index (κ2) is 5.47. The van der Waals surface area contributed by atoms with Gasteiger partial charge in [0.05, 0.1) is 5.56 Å². The molecule has 0 bridgehead atoms. The van der Waals surface area contributed by atoms with E-state index in [-0.39, 0.29) is 5.56 Å². The molecule has 0 saturated heterocycles. The molecule has 0 aliphatic heterocycles. The minimum Gasteiger partial charge on any atom is -0.388 e. The average molecular weight is 264 g/mol.